The molecule has 5 heteroatoms. The van der Waals surface area contributed by atoms with Gasteiger partial charge < -0.3 is 15.9 Å². The Hall–Kier alpha value is -1.88. The molecule has 0 fully saturated rings. The van der Waals surface area contributed by atoms with E-state index in [-0.39, 0.29) is 16.7 Å². The number of hydrogen-bond acceptors (Lipinski definition) is 3. The molecule has 86 valence electrons. The van der Waals surface area contributed by atoms with Crippen molar-refractivity contribution in [1.29, 1.82) is 0 Å². The van der Waals surface area contributed by atoms with Crippen LogP contribution in [0.2, 0.25) is 0 Å². The molecule has 4 N–H and O–H groups in total. The van der Waals surface area contributed by atoms with Gasteiger partial charge in [-0.1, -0.05) is 13.0 Å². The molecule has 1 aromatic carbocycles. The second-order valence-electron chi connectivity index (χ2n) is 3.36. The Balaban J connectivity index is 3.46. The summed E-state index contributed by atoms with van der Waals surface area (Å²) in [5, 5.41) is 18.7. The Morgan fingerprint density at radius 1 is 1.38 bits per heavy atom. The number of amides is 1. The van der Waals surface area contributed by atoms with Gasteiger partial charge in [0.25, 0.3) is 0 Å². The maximum Gasteiger partial charge on any atom is 0.336 e. The normalized spacial score (nSPS) is 12.1. The summed E-state index contributed by atoms with van der Waals surface area (Å²) in [5.41, 5.74) is 5.18. The van der Waals surface area contributed by atoms with Gasteiger partial charge in [-0.2, -0.15) is 0 Å². The summed E-state index contributed by atoms with van der Waals surface area (Å²) in [4.78, 5) is 22.1. The number of aromatic carboxylic acids is 1. The highest BCUT2D eigenvalue weighted by atomic mass is 16.4. The Bertz CT molecular complexity index is 396. The molecule has 1 aromatic rings. The molecule has 1 rings (SSSR count). The van der Waals surface area contributed by atoms with E-state index in [1.807, 2.05) is 0 Å². The topological polar surface area (TPSA) is 101 Å². The lowest BCUT2D eigenvalue weighted by atomic mass is 9.94. The molecular formula is C11H13NO4. The molecule has 0 saturated carbocycles. The lowest BCUT2D eigenvalue weighted by molar-refractivity contribution is 0.0688. The molecule has 0 saturated heterocycles. The van der Waals surface area contributed by atoms with Crippen LogP contribution >= 0.6 is 0 Å². The Kier molecular flexibility index (Phi) is 3.63. The number of carbonyl (C=O) groups excluding carboxylic acids is 1. The maximum absolute atomic E-state index is 11.1. The second kappa shape index (κ2) is 4.76. The molecule has 1 amide bonds. The number of aliphatic hydroxyl groups is 1. The van der Waals surface area contributed by atoms with E-state index in [1.165, 1.54) is 18.2 Å². The van der Waals surface area contributed by atoms with Crippen molar-refractivity contribution < 1.29 is 19.8 Å². The summed E-state index contributed by atoms with van der Waals surface area (Å²) in [7, 11) is 0. The molecule has 0 aromatic heterocycles. The molecule has 0 bridgehead atoms. The molecule has 0 heterocycles. The fourth-order valence-corrected chi connectivity index (χ4v) is 1.53. The van der Waals surface area contributed by atoms with Crippen molar-refractivity contribution in [3.8, 4) is 0 Å². The highest BCUT2D eigenvalue weighted by Gasteiger charge is 2.21. The standard InChI is InChI=1S/C11H13NO4/c1-2-8(13)9-6(10(12)14)4-3-5-7(9)11(15)16/h3-5,8,13H,2H2,1H3,(H2,12,14)(H,15,16). The van der Waals surface area contributed by atoms with Crippen LogP contribution in [0.4, 0.5) is 0 Å². The van der Waals surface area contributed by atoms with Gasteiger partial charge in [0.2, 0.25) is 5.91 Å². The number of primary amides is 1. The van der Waals surface area contributed by atoms with E-state index in [1.54, 1.807) is 6.92 Å². The number of nitrogens with two attached hydrogens (primary N) is 1. The van der Waals surface area contributed by atoms with Crippen molar-refractivity contribution in [3.63, 3.8) is 0 Å². The zero-order valence-corrected chi connectivity index (χ0v) is 8.80. The molecule has 1 unspecified atom stereocenters. The van der Waals surface area contributed by atoms with Crippen LogP contribution < -0.4 is 5.73 Å². The minimum Gasteiger partial charge on any atom is -0.478 e. The van der Waals surface area contributed by atoms with E-state index < -0.39 is 18.0 Å². The van der Waals surface area contributed by atoms with Crippen LogP contribution in [0, 0.1) is 0 Å². The minimum absolute atomic E-state index is 0.0502. The summed E-state index contributed by atoms with van der Waals surface area (Å²) >= 11 is 0. The number of hydrogen-bond donors (Lipinski definition) is 3. The van der Waals surface area contributed by atoms with Crippen molar-refractivity contribution in [2.24, 2.45) is 5.73 Å². The number of rotatable bonds is 4. The SMILES string of the molecule is CCC(O)c1c(C(N)=O)cccc1C(=O)O. The molecular weight excluding hydrogens is 210 g/mol. The number of carboxylic acids is 1. The summed E-state index contributed by atoms with van der Waals surface area (Å²) in [6.07, 6.45) is -0.695. The smallest absolute Gasteiger partial charge is 0.336 e. The number of carboxylic acid groups (broad SMARTS) is 1. The lowest BCUT2D eigenvalue weighted by Gasteiger charge is -2.14. The van der Waals surface area contributed by atoms with Crippen LogP contribution in [0.1, 0.15) is 45.7 Å². The number of benzene rings is 1. The number of aliphatic hydroxyl groups excluding tert-OH is 1. The zero-order chi connectivity index (χ0) is 12.3. The average Bonchev–Trinajstić information content (AvgIpc) is 2.26. The molecule has 0 aliphatic heterocycles. The second-order valence-corrected chi connectivity index (χ2v) is 3.36. The van der Waals surface area contributed by atoms with Gasteiger partial charge in [0.05, 0.1) is 11.7 Å². The third kappa shape index (κ3) is 2.20. The Labute approximate surface area is 92.5 Å². The van der Waals surface area contributed by atoms with Crippen LogP contribution in [-0.4, -0.2) is 22.1 Å². The monoisotopic (exact) mass is 223 g/mol. The van der Waals surface area contributed by atoms with Gasteiger partial charge in [-0.25, -0.2) is 4.79 Å². The summed E-state index contributed by atoms with van der Waals surface area (Å²) < 4.78 is 0. The zero-order valence-electron chi connectivity index (χ0n) is 8.80. The van der Waals surface area contributed by atoms with Crippen LogP contribution in [0.5, 0.6) is 0 Å². The van der Waals surface area contributed by atoms with Gasteiger partial charge in [0.15, 0.2) is 0 Å². The van der Waals surface area contributed by atoms with Crippen LogP contribution in [-0.2, 0) is 0 Å². The highest BCUT2D eigenvalue weighted by molar-refractivity contribution is 5.99. The van der Waals surface area contributed by atoms with E-state index in [9.17, 15) is 14.7 Å². The van der Waals surface area contributed by atoms with Crippen molar-refractivity contribution in [2.45, 2.75) is 19.4 Å². The van der Waals surface area contributed by atoms with Crippen LogP contribution in [0.3, 0.4) is 0 Å². The van der Waals surface area contributed by atoms with Gasteiger partial charge in [0, 0.05) is 11.1 Å². The predicted octanol–water partition coefficient (Wildman–Crippen LogP) is 0.927. The van der Waals surface area contributed by atoms with E-state index in [0.717, 1.165) is 0 Å². The molecule has 0 aliphatic rings. The van der Waals surface area contributed by atoms with Crippen molar-refractivity contribution >= 4 is 11.9 Å². The first-order valence-electron chi connectivity index (χ1n) is 4.83. The average molecular weight is 223 g/mol. The van der Waals surface area contributed by atoms with Gasteiger partial charge in [-0.3, -0.25) is 4.79 Å². The first-order chi connectivity index (χ1) is 7.49. The van der Waals surface area contributed by atoms with E-state index in [4.69, 9.17) is 10.8 Å². The maximum atomic E-state index is 11.1. The minimum atomic E-state index is -1.19. The first-order valence-corrected chi connectivity index (χ1v) is 4.83. The van der Waals surface area contributed by atoms with Crippen molar-refractivity contribution in [2.75, 3.05) is 0 Å². The van der Waals surface area contributed by atoms with E-state index in [2.05, 4.69) is 0 Å². The predicted molar refractivity (Wildman–Crippen MR) is 57.2 cm³/mol. The van der Waals surface area contributed by atoms with Crippen molar-refractivity contribution in [1.82, 2.24) is 0 Å². The highest BCUT2D eigenvalue weighted by Crippen LogP contribution is 2.24. The molecule has 0 aliphatic carbocycles. The quantitative estimate of drug-likeness (QED) is 0.706. The summed E-state index contributed by atoms with van der Waals surface area (Å²) in [6.45, 7) is 1.69. The summed E-state index contributed by atoms with van der Waals surface area (Å²) in [5.74, 6) is -1.93. The number of carbonyl (C=O) groups is 2. The largest absolute Gasteiger partial charge is 0.478 e. The Morgan fingerprint density at radius 2 is 1.94 bits per heavy atom. The van der Waals surface area contributed by atoms with E-state index in [0.29, 0.717) is 6.42 Å². The molecule has 0 radical (unpaired) electrons. The molecule has 5 nitrogen and oxygen atoms in total. The fourth-order valence-electron chi connectivity index (χ4n) is 1.53. The fraction of sp³-hybridized carbons (Fsp3) is 0.273. The molecule has 16 heavy (non-hydrogen) atoms. The van der Waals surface area contributed by atoms with Gasteiger partial charge in [-0.05, 0) is 18.6 Å². The summed E-state index contributed by atoms with van der Waals surface area (Å²) in [6, 6.07) is 4.17. The first kappa shape index (κ1) is 12.2. The van der Waals surface area contributed by atoms with E-state index >= 15 is 0 Å². The molecule has 0 spiro atoms. The van der Waals surface area contributed by atoms with Gasteiger partial charge in [0.1, 0.15) is 0 Å². The third-order valence-electron chi connectivity index (χ3n) is 2.32. The van der Waals surface area contributed by atoms with Gasteiger partial charge in [-0.15, -0.1) is 0 Å². The molecule has 1 atom stereocenters. The van der Waals surface area contributed by atoms with Crippen LogP contribution in [0.15, 0.2) is 18.2 Å². The Morgan fingerprint density at radius 3 is 2.38 bits per heavy atom. The van der Waals surface area contributed by atoms with Crippen LogP contribution in [0.25, 0.3) is 0 Å². The third-order valence-corrected chi connectivity index (χ3v) is 2.32. The lowest BCUT2D eigenvalue weighted by Crippen LogP contribution is -2.18. The van der Waals surface area contributed by atoms with Crippen molar-refractivity contribution in [3.05, 3.63) is 34.9 Å². The van der Waals surface area contributed by atoms with Gasteiger partial charge >= 0.3 is 5.97 Å².